The first kappa shape index (κ1) is 22.1. The fraction of sp³-hybridized carbons (Fsp3) is 0.455. The molecule has 1 saturated carbocycles. The normalized spacial score (nSPS) is 21.7. The Hall–Kier alpha value is -2.11. The van der Waals surface area contributed by atoms with Gasteiger partial charge in [-0.2, -0.15) is 0 Å². The number of hydrogen-bond acceptors (Lipinski definition) is 5. The summed E-state index contributed by atoms with van der Waals surface area (Å²) in [4.78, 5) is 34.8. The number of anilines is 3. The molecule has 1 aliphatic heterocycles. The van der Waals surface area contributed by atoms with Gasteiger partial charge in [0.1, 0.15) is 0 Å². The van der Waals surface area contributed by atoms with Crippen molar-refractivity contribution in [3.8, 4) is 0 Å². The molecule has 2 aliphatic rings. The predicted octanol–water partition coefficient (Wildman–Crippen LogP) is 2.70. The van der Waals surface area contributed by atoms with Crippen molar-refractivity contribution in [1.29, 1.82) is 0 Å². The number of fused-ring (bicyclic) bond motifs is 1. The van der Waals surface area contributed by atoms with Gasteiger partial charge in [-0.25, -0.2) is 0 Å². The molecule has 1 aliphatic carbocycles. The van der Waals surface area contributed by atoms with E-state index in [0.29, 0.717) is 17.4 Å². The quantitative estimate of drug-likeness (QED) is 0.611. The van der Waals surface area contributed by atoms with Gasteiger partial charge in [-0.1, -0.05) is 0 Å². The number of aryl methyl sites for hydroxylation is 1. The molecule has 2 amide bonds. The second-order valence-corrected chi connectivity index (χ2v) is 11.8. The van der Waals surface area contributed by atoms with Crippen LogP contribution in [-0.2, 0) is 16.0 Å². The Labute approximate surface area is 193 Å². The van der Waals surface area contributed by atoms with Gasteiger partial charge < -0.3 is 0 Å². The minimum absolute atomic E-state index is 0.0690. The Bertz CT molecular complexity index is 1000. The Kier molecular flexibility index (Phi) is 6.82. The van der Waals surface area contributed by atoms with E-state index in [9.17, 15) is 9.59 Å². The number of benzene rings is 1. The average molecular weight is 504 g/mol. The maximum absolute atomic E-state index is 12.1. The van der Waals surface area contributed by atoms with E-state index in [1.165, 1.54) is 0 Å². The van der Waals surface area contributed by atoms with Crippen molar-refractivity contribution in [2.24, 2.45) is 11.7 Å². The molecule has 0 radical (unpaired) electrons. The number of amides is 2. The van der Waals surface area contributed by atoms with Gasteiger partial charge in [-0.15, -0.1) is 0 Å². The molecular formula is C22H27AsClN5O2. The van der Waals surface area contributed by atoms with E-state index in [1.807, 2.05) is 19.2 Å². The number of nitrogens with two attached hydrogens (primary N) is 1. The number of halogens is 1. The number of hydrogen-bond donors (Lipinski definition) is 2. The van der Waals surface area contributed by atoms with Crippen LogP contribution in [-0.4, -0.2) is 44.6 Å². The van der Waals surface area contributed by atoms with E-state index < -0.39 is 15.8 Å². The number of nitrogens with one attached hydrogen (secondary N) is 1. The van der Waals surface area contributed by atoms with Crippen LogP contribution in [0.2, 0.25) is 9.73 Å². The summed E-state index contributed by atoms with van der Waals surface area (Å²) in [6.45, 7) is 0. The number of carbonyl (C=O) groups excluding carboxylic acids is 2. The van der Waals surface area contributed by atoms with E-state index in [2.05, 4.69) is 16.4 Å². The molecule has 0 saturated heterocycles. The molecule has 4 rings (SSSR count). The third kappa shape index (κ3) is 5.04. The van der Waals surface area contributed by atoms with Crippen molar-refractivity contribution in [1.82, 2.24) is 9.97 Å². The Balaban J connectivity index is 1.53. The summed E-state index contributed by atoms with van der Waals surface area (Å²) in [5.41, 5.74) is 8.61. The van der Waals surface area contributed by atoms with Gasteiger partial charge in [-0.05, 0) is 0 Å². The van der Waals surface area contributed by atoms with E-state index in [4.69, 9.17) is 22.3 Å². The molecule has 7 nitrogen and oxygen atoms in total. The van der Waals surface area contributed by atoms with Crippen molar-refractivity contribution >= 4 is 61.0 Å². The Morgan fingerprint density at radius 2 is 2.06 bits per heavy atom. The van der Waals surface area contributed by atoms with Gasteiger partial charge in [-0.3, -0.25) is 0 Å². The van der Waals surface area contributed by atoms with Crippen molar-refractivity contribution in [3.63, 3.8) is 0 Å². The van der Waals surface area contributed by atoms with E-state index in [1.54, 1.807) is 11.1 Å². The fourth-order valence-electron chi connectivity index (χ4n) is 4.40. The molecule has 31 heavy (non-hydrogen) atoms. The molecule has 0 spiro atoms. The summed E-state index contributed by atoms with van der Waals surface area (Å²) >= 11 is 5.68. The van der Waals surface area contributed by atoms with Crippen LogP contribution in [0.5, 0.6) is 0 Å². The molecule has 9 heteroatoms. The first-order valence-corrected chi connectivity index (χ1v) is 13.3. The number of primary amides is 1. The van der Waals surface area contributed by atoms with E-state index in [-0.39, 0.29) is 22.4 Å². The third-order valence-corrected chi connectivity index (χ3v) is 10.3. The molecule has 3 atom stereocenters. The number of carbonyl (C=O) groups is 2. The predicted molar refractivity (Wildman–Crippen MR) is 125 cm³/mol. The van der Waals surface area contributed by atoms with Crippen molar-refractivity contribution < 1.29 is 9.59 Å². The summed E-state index contributed by atoms with van der Waals surface area (Å²) in [6.07, 6.45) is 7.95. The van der Waals surface area contributed by atoms with E-state index >= 15 is 0 Å². The first-order chi connectivity index (χ1) is 14.9. The fourth-order valence-corrected chi connectivity index (χ4v) is 8.14. The summed E-state index contributed by atoms with van der Waals surface area (Å²) in [5, 5.41) is 3.84. The molecular weight excluding hydrogens is 477 g/mol. The SMILES string of the molecule is CN1C(=O)CCCc2cc(Nc3ncc(Cl)c([AsH]C4CCCCC4C(N)=O)n3)ccc21. The minimum atomic E-state index is -0.736. The molecule has 3 N–H and O–H groups in total. The Morgan fingerprint density at radius 1 is 1.26 bits per heavy atom. The zero-order chi connectivity index (χ0) is 22.0. The van der Waals surface area contributed by atoms with Crippen LogP contribution in [0.25, 0.3) is 0 Å². The molecule has 1 aromatic heterocycles. The van der Waals surface area contributed by atoms with Gasteiger partial charge in [0.15, 0.2) is 0 Å². The Morgan fingerprint density at radius 3 is 2.87 bits per heavy atom. The van der Waals surface area contributed by atoms with Crippen molar-refractivity contribution in [2.75, 3.05) is 17.3 Å². The van der Waals surface area contributed by atoms with Crippen LogP contribution < -0.4 is 20.4 Å². The van der Waals surface area contributed by atoms with Crippen LogP contribution in [0, 0.1) is 5.92 Å². The zero-order valence-corrected chi connectivity index (χ0v) is 20.4. The summed E-state index contributed by atoms with van der Waals surface area (Å²) in [6, 6.07) is 5.96. The van der Waals surface area contributed by atoms with Gasteiger partial charge in [0.25, 0.3) is 0 Å². The number of rotatable bonds is 5. The molecule has 2 aromatic rings. The number of nitrogens with zero attached hydrogens (tertiary/aromatic N) is 3. The van der Waals surface area contributed by atoms with Crippen molar-refractivity contribution in [3.05, 3.63) is 35.0 Å². The third-order valence-electron chi connectivity index (χ3n) is 6.11. The molecule has 1 fully saturated rings. The second-order valence-electron chi connectivity index (χ2n) is 8.21. The monoisotopic (exact) mass is 503 g/mol. The van der Waals surface area contributed by atoms with Crippen LogP contribution in [0.3, 0.4) is 0 Å². The van der Waals surface area contributed by atoms with Crippen LogP contribution in [0.1, 0.15) is 44.1 Å². The molecule has 164 valence electrons. The molecule has 0 bridgehead atoms. The van der Waals surface area contributed by atoms with Crippen LogP contribution >= 0.6 is 11.6 Å². The second kappa shape index (κ2) is 9.58. The number of aromatic nitrogens is 2. The van der Waals surface area contributed by atoms with E-state index in [0.717, 1.165) is 59.9 Å². The van der Waals surface area contributed by atoms with Crippen LogP contribution in [0.4, 0.5) is 17.3 Å². The van der Waals surface area contributed by atoms with Gasteiger partial charge in [0.2, 0.25) is 0 Å². The topological polar surface area (TPSA) is 101 Å². The van der Waals surface area contributed by atoms with Gasteiger partial charge in [0, 0.05) is 0 Å². The van der Waals surface area contributed by atoms with Gasteiger partial charge in [0.05, 0.1) is 0 Å². The summed E-state index contributed by atoms with van der Waals surface area (Å²) in [7, 11) is 1.82. The standard InChI is InChI=1S/C22H27AsClN5O2/c1-29-18-10-9-14(11-13(18)5-4-8-19(29)30)27-22-26-12-17(24)20(28-22)23-16-7-3-2-6-15(16)21(25)31/h9-12,15-16,23H,2-8H2,1H3,(H2,25,31)(H,26,27,28). The van der Waals surface area contributed by atoms with Crippen molar-refractivity contribution in [2.45, 2.75) is 49.7 Å². The summed E-state index contributed by atoms with van der Waals surface area (Å²) < 4.78 is 1.14. The summed E-state index contributed by atoms with van der Waals surface area (Å²) in [5.74, 6) is 0.366. The first-order valence-electron chi connectivity index (χ1n) is 10.7. The molecule has 1 aromatic carbocycles. The maximum atomic E-state index is 12.1. The average Bonchev–Trinajstić information content (AvgIpc) is 2.89. The van der Waals surface area contributed by atoms with Crippen LogP contribution in [0.15, 0.2) is 24.4 Å². The van der Waals surface area contributed by atoms with Gasteiger partial charge >= 0.3 is 194 Å². The molecule has 3 unspecified atom stereocenters. The zero-order valence-electron chi connectivity index (χ0n) is 17.5. The molecule has 2 heterocycles.